The highest BCUT2D eigenvalue weighted by atomic mass is 16.4. The van der Waals surface area contributed by atoms with Crippen LogP contribution in [0.1, 0.15) is 19.8 Å². The molecule has 96 valence electrons. The minimum Gasteiger partial charge on any atom is -0.480 e. The van der Waals surface area contributed by atoms with Gasteiger partial charge < -0.3 is 10.4 Å². The highest BCUT2D eigenvalue weighted by Crippen LogP contribution is 2.15. The molecule has 2 N–H and O–H groups in total. The predicted molar refractivity (Wildman–Crippen MR) is 64.6 cm³/mol. The Hall–Kier alpha value is -1.36. The minimum absolute atomic E-state index is 0.200. The zero-order chi connectivity index (χ0) is 13.0. The van der Waals surface area contributed by atoms with E-state index < -0.39 is 12.0 Å². The lowest BCUT2D eigenvalue weighted by atomic mass is 10.0. The molecule has 0 saturated carbocycles. The third-order valence-corrected chi connectivity index (χ3v) is 3.28. The number of nitrogens with one attached hydrogen (secondary N) is 1. The van der Waals surface area contributed by atoms with Crippen LogP contribution >= 0.6 is 0 Å². The summed E-state index contributed by atoms with van der Waals surface area (Å²) < 4.78 is 0. The number of likely N-dealkylation sites (tertiary alicyclic amines) is 1. The average Bonchev–Trinajstić information content (AvgIpc) is 2.70. The van der Waals surface area contributed by atoms with Gasteiger partial charge in [-0.1, -0.05) is 13.0 Å². The molecule has 0 radical (unpaired) electrons. The van der Waals surface area contributed by atoms with Crippen LogP contribution < -0.4 is 5.32 Å². The first kappa shape index (κ1) is 13.7. The van der Waals surface area contributed by atoms with Gasteiger partial charge in [-0.05, 0) is 26.4 Å². The Morgan fingerprint density at radius 2 is 2.24 bits per heavy atom. The fourth-order valence-electron chi connectivity index (χ4n) is 2.05. The van der Waals surface area contributed by atoms with Gasteiger partial charge in [-0.2, -0.15) is 0 Å². The minimum atomic E-state index is -1.02. The van der Waals surface area contributed by atoms with Crippen molar-refractivity contribution in [2.24, 2.45) is 5.92 Å². The van der Waals surface area contributed by atoms with E-state index in [4.69, 9.17) is 5.11 Å². The lowest BCUT2D eigenvalue weighted by Crippen LogP contribution is -2.50. The van der Waals surface area contributed by atoms with Crippen molar-refractivity contribution in [2.75, 3.05) is 13.6 Å². The number of hydrogen-bond acceptors (Lipinski definition) is 3. The Morgan fingerprint density at radius 3 is 2.65 bits per heavy atom. The van der Waals surface area contributed by atoms with Crippen LogP contribution in [-0.4, -0.2) is 47.6 Å². The van der Waals surface area contributed by atoms with Gasteiger partial charge >= 0.3 is 5.97 Å². The molecule has 0 aliphatic carbocycles. The standard InChI is InChI=1S/C12H20N2O3/c1-4-8(2)10(12(16)17)13-11(15)9-6-5-7-14(9)3/h4,8-10H,1,5-7H2,2-3H3,(H,13,15)(H,16,17)/t8?,9-,10?/m0/s1. The van der Waals surface area contributed by atoms with E-state index >= 15 is 0 Å². The molecule has 2 unspecified atom stereocenters. The molecule has 1 aliphatic heterocycles. The van der Waals surface area contributed by atoms with Crippen LogP contribution in [0.5, 0.6) is 0 Å². The Balaban J connectivity index is 2.64. The number of amides is 1. The van der Waals surface area contributed by atoms with Gasteiger partial charge in [0.1, 0.15) is 6.04 Å². The van der Waals surface area contributed by atoms with Crippen LogP contribution in [0, 0.1) is 5.92 Å². The van der Waals surface area contributed by atoms with Crippen LogP contribution in [0.3, 0.4) is 0 Å². The fourth-order valence-corrected chi connectivity index (χ4v) is 2.05. The van der Waals surface area contributed by atoms with E-state index in [-0.39, 0.29) is 17.9 Å². The number of likely N-dealkylation sites (N-methyl/N-ethyl adjacent to an activating group) is 1. The maximum Gasteiger partial charge on any atom is 0.326 e. The number of carbonyl (C=O) groups excluding carboxylic acids is 1. The van der Waals surface area contributed by atoms with Crippen molar-refractivity contribution < 1.29 is 14.7 Å². The van der Waals surface area contributed by atoms with Crippen molar-refractivity contribution in [3.05, 3.63) is 12.7 Å². The summed E-state index contributed by atoms with van der Waals surface area (Å²) >= 11 is 0. The molecular weight excluding hydrogens is 220 g/mol. The zero-order valence-electron chi connectivity index (χ0n) is 10.3. The highest BCUT2D eigenvalue weighted by molar-refractivity contribution is 5.87. The SMILES string of the molecule is C=CC(C)C(NC(=O)[C@@H]1CCCN1C)C(=O)O. The number of carboxylic acid groups (broad SMARTS) is 1. The largest absolute Gasteiger partial charge is 0.480 e. The average molecular weight is 240 g/mol. The van der Waals surface area contributed by atoms with Crippen molar-refractivity contribution in [3.63, 3.8) is 0 Å². The van der Waals surface area contributed by atoms with E-state index in [1.807, 2.05) is 11.9 Å². The second-order valence-electron chi connectivity index (χ2n) is 4.56. The lowest BCUT2D eigenvalue weighted by molar-refractivity contribution is -0.143. The van der Waals surface area contributed by atoms with Gasteiger partial charge in [-0.3, -0.25) is 9.69 Å². The molecule has 0 spiro atoms. The van der Waals surface area contributed by atoms with Gasteiger partial charge in [0.05, 0.1) is 6.04 Å². The summed E-state index contributed by atoms with van der Waals surface area (Å²) in [5.41, 5.74) is 0. The monoisotopic (exact) mass is 240 g/mol. The Morgan fingerprint density at radius 1 is 1.59 bits per heavy atom. The van der Waals surface area contributed by atoms with Crippen molar-refractivity contribution in [2.45, 2.75) is 31.8 Å². The lowest BCUT2D eigenvalue weighted by Gasteiger charge is -2.23. The van der Waals surface area contributed by atoms with E-state index in [1.165, 1.54) is 6.08 Å². The van der Waals surface area contributed by atoms with E-state index in [1.54, 1.807) is 6.92 Å². The smallest absolute Gasteiger partial charge is 0.326 e. The van der Waals surface area contributed by atoms with Crippen molar-refractivity contribution in [1.82, 2.24) is 10.2 Å². The highest BCUT2D eigenvalue weighted by Gasteiger charge is 2.32. The number of nitrogens with zero attached hydrogens (tertiary/aromatic N) is 1. The molecule has 0 aromatic heterocycles. The molecule has 1 aliphatic rings. The van der Waals surface area contributed by atoms with Crippen molar-refractivity contribution in [1.29, 1.82) is 0 Å². The summed E-state index contributed by atoms with van der Waals surface area (Å²) in [5.74, 6) is -1.51. The Kier molecular flexibility index (Phi) is 4.69. The molecule has 5 heteroatoms. The number of rotatable bonds is 5. The maximum atomic E-state index is 11.9. The summed E-state index contributed by atoms with van der Waals surface area (Å²) in [5, 5.41) is 11.6. The maximum absolute atomic E-state index is 11.9. The first-order chi connectivity index (χ1) is 7.97. The second kappa shape index (κ2) is 5.82. The molecule has 3 atom stereocenters. The van der Waals surface area contributed by atoms with E-state index in [0.29, 0.717) is 0 Å². The van der Waals surface area contributed by atoms with Gasteiger partial charge in [0.25, 0.3) is 0 Å². The van der Waals surface area contributed by atoms with E-state index in [0.717, 1.165) is 19.4 Å². The molecule has 17 heavy (non-hydrogen) atoms. The first-order valence-corrected chi connectivity index (χ1v) is 5.83. The summed E-state index contributed by atoms with van der Waals surface area (Å²) in [6, 6.07) is -1.09. The van der Waals surface area contributed by atoms with E-state index in [2.05, 4.69) is 11.9 Å². The quantitative estimate of drug-likeness (QED) is 0.685. The molecule has 1 saturated heterocycles. The molecule has 0 bridgehead atoms. The molecule has 1 amide bonds. The van der Waals surface area contributed by atoms with Crippen LogP contribution in [-0.2, 0) is 9.59 Å². The molecule has 5 nitrogen and oxygen atoms in total. The topological polar surface area (TPSA) is 69.6 Å². The van der Waals surface area contributed by atoms with Crippen LogP contribution in [0.25, 0.3) is 0 Å². The molecule has 1 rings (SSSR count). The summed E-state index contributed by atoms with van der Waals surface area (Å²) in [6.45, 7) is 6.17. The Labute approximate surface area is 101 Å². The van der Waals surface area contributed by atoms with Crippen LogP contribution in [0.15, 0.2) is 12.7 Å². The first-order valence-electron chi connectivity index (χ1n) is 5.83. The third-order valence-electron chi connectivity index (χ3n) is 3.28. The molecule has 0 aromatic rings. The number of carboxylic acids is 1. The third kappa shape index (κ3) is 3.30. The second-order valence-corrected chi connectivity index (χ2v) is 4.56. The van der Waals surface area contributed by atoms with Crippen LogP contribution in [0.4, 0.5) is 0 Å². The summed E-state index contributed by atoms with van der Waals surface area (Å²) in [6.07, 6.45) is 3.30. The molecular formula is C12H20N2O3. The van der Waals surface area contributed by atoms with Gasteiger partial charge in [-0.25, -0.2) is 4.79 Å². The van der Waals surface area contributed by atoms with Gasteiger partial charge in [0, 0.05) is 5.92 Å². The number of aliphatic carboxylic acids is 1. The van der Waals surface area contributed by atoms with Gasteiger partial charge in [-0.15, -0.1) is 6.58 Å². The molecule has 1 fully saturated rings. The van der Waals surface area contributed by atoms with Gasteiger partial charge in [0.15, 0.2) is 0 Å². The summed E-state index contributed by atoms with van der Waals surface area (Å²) in [7, 11) is 1.88. The predicted octanol–water partition coefficient (Wildman–Crippen LogP) is 0.472. The summed E-state index contributed by atoms with van der Waals surface area (Å²) in [4.78, 5) is 24.9. The molecule has 1 heterocycles. The van der Waals surface area contributed by atoms with Gasteiger partial charge in [0.2, 0.25) is 5.91 Å². The van der Waals surface area contributed by atoms with Crippen molar-refractivity contribution >= 4 is 11.9 Å². The van der Waals surface area contributed by atoms with Crippen LogP contribution in [0.2, 0.25) is 0 Å². The normalized spacial score (nSPS) is 24.0. The number of hydrogen-bond donors (Lipinski definition) is 2. The van der Waals surface area contributed by atoms with E-state index in [9.17, 15) is 9.59 Å². The molecule has 0 aromatic carbocycles. The number of carbonyl (C=O) groups is 2. The fraction of sp³-hybridized carbons (Fsp3) is 0.667. The Bertz CT molecular complexity index is 317. The van der Waals surface area contributed by atoms with Crippen molar-refractivity contribution in [3.8, 4) is 0 Å². The zero-order valence-corrected chi connectivity index (χ0v) is 10.3.